The molecule has 1 spiro atoms. The van der Waals surface area contributed by atoms with E-state index in [-0.39, 0.29) is 18.1 Å². The van der Waals surface area contributed by atoms with Crippen LogP contribution in [-0.4, -0.2) is 64.0 Å². The van der Waals surface area contributed by atoms with Gasteiger partial charge in [-0.1, -0.05) is 6.07 Å². The van der Waals surface area contributed by atoms with Gasteiger partial charge in [0.25, 0.3) is 0 Å². The van der Waals surface area contributed by atoms with E-state index in [1.54, 1.807) is 13.4 Å². The quantitative estimate of drug-likeness (QED) is 0.887. The van der Waals surface area contributed by atoms with E-state index >= 15 is 0 Å². The van der Waals surface area contributed by atoms with E-state index in [4.69, 9.17) is 4.74 Å². The molecule has 2 aromatic rings. The molecule has 0 unspecified atom stereocenters. The number of fused-ring (bicyclic) bond motifs is 2. The van der Waals surface area contributed by atoms with Crippen molar-refractivity contribution in [3.05, 3.63) is 47.3 Å². The number of hydrogen-bond donors (Lipinski definition) is 1. The van der Waals surface area contributed by atoms with Crippen molar-refractivity contribution in [2.24, 2.45) is 0 Å². The predicted molar refractivity (Wildman–Crippen MR) is 101 cm³/mol. The highest BCUT2D eigenvalue weighted by atomic mass is 16.5. The number of nitrogens with one attached hydrogen (secondary N) is 1. The van der Waals surface area contributed by atoms with Crippen LogP contribution in [0.15, 0.2) is 24.5 Å². The average Bonchev–Trinajstić information content (AvgIpc) is 3.14. The SMILES string of the molecule is COCC(=O)N1CCc2[nH]cnc2C12CCN(Cc1cccc(C)n1)CC2. The van der Waals surface area contributed by atoms with Gasteiger partial charge in [-0.2, -0.15) is 0 Å². The van der Waals surface area contributed by atoms with E-state index < -0.39 is 0 Å². The maximum absolute atomic E-state index is 12.8. The Bertz CT molecular complexity index is 810. The van der Waals surface area contributed by atoms with Crippen molar-refractivity contribution in [3.63, 3.8) is 0 Å². The molecule has 0 bridgehead atoms. The van der Waals surface area contributed by atoms with Gasteiger partial charge < -0.3 is 14.6 Å². The zero-order valence-corrected chi connectivity index (χ0v) is 16.1. The lowest BCUT2D eigenvalue weighted by Crippen LogP contribution is -2.58. The van der Waals surface area contributed by atoms with Crippen molar-refractivity contribution in [1.29, 1.82) is 0 Å². The molecule has 2 aliphatic rings. The van der Waals surface area contributed by atoms with Crippen molar-refractivity contribution >= 4 is 5.91 Å². The largest absolute Gasteiger partial charge is 0.375 e. The number of amides is 1. The third-order valence-electron chi connectivity index (χ3n) is 5.84. The molecule has 2 aromatic heterocycles. The summed E-state index contributed by atoms with van der Waals surface area (Å²) >= 11 is 0. The van der Waals surface area contributed by atoms with E-state index in [1.165, 1.54) is 5.69 Å². The monoisotopic (exact) mass is 369 g/mol. The van der Waals surface area contributed by atoms with Crippen LogP contribution in [0, 0.1) is 6.92 Å². The van der Waals surface area contributed by atoms with Crippen LogP contribution >= 0.6 is 0 Å². The Kier molecular flexibility index (Phi) is 4.97. The number of piperidine rings is 1. The first-order valence-corrected chi connectivity index (χ1v) is 9.59. The lowest BCUT2D eigenvalue weighted by molar-refractivity contribution is -0.146. The molecule has 0 aliphatic carbocycles. The summed E-state index contributed by atoms with van der Waals surface area (Å²) in [6.07, 6.45) is 4.35. The third kappa shape index (κ3) is 3.37. The van der Waals surface area contributed by atoms with Crippen LogP contribution < -0.4 is 0 Å². The van der Waals surface area contributed by atoms with Gasteiger partial charge in [0.1, 0.15) is 6.61 Å². The summed E-state index contributed by atoms with van der Waals surface area (Å²) in [5.74, 6) is 0.0555. The summed E-state index contributed by atoms with van der Waals surface area (Å²) in [5.41, 5.74) is 4.05. The number of pyridine rings is 1. The van der Waals surface area contributed by atoms with Crippen molar-refractivity contribution in [2.75, 3.05) is 33.4 Å². The van der Waals surface area contributed by atoms with Crippen molar-refractivity contribution in [1.82, 2.24) is 24.8 Å². The van der Waals surface area contributed by atoms with Crippen LogP contribution in [-0.2, 0) is 28.0 Å². The fourth-order valence-electron chi connectivity index (χ4n) is 4.55. The van der Waals surface area contributed by atoms with Crippen LogP contribution in [0.2, 0.25) is 0 Å². The molecule has 1 saturated heterocycles. The smallest absolute Gasteiger partial charge is 0.249 e. The molecule has 0 aromatic carbocycles. The highest BCUT2D eigenvalue weighted by Crippen LogP contribution is 2.42. The van der Waals surface area contributed by atoms with Gasteiger partial charge in [-0.25, -0.2) is 4.98 Å². The van der Waals surface area contributed by atoms with Gasteiger partial charge in [-0.3, -0.25) is 14.7 Å². The fourth-order valence-corrected chi connectivity index (χ4v) is 4.55. The molecule has 144 valence electrons. The number of hydrogen-bond acceptors (Lipinski definition) is 5. The molecule has 7 nitrogen and oxygen atoms in total. The number of imidazole rings is 1. The second-order valence-electron chi connectivity index (χ2n) is 7.54. The number of carbonyl (C=O) groups excluding carboxylic acids is 1. The highest BCUT2D eigenvalue weighted by Gasteiger charge is 2.48. The number of aromatic amines is 1. The standard InChI is InChI=1S/C20H27N5O2/c1-15-4-3-5-16(23-15)12-24-10-7-20(8-11-24)19-17(21-14-22-19)6-9-25(20)18(26)13-27-2/h3-5,14H,6-13H2,1-2H3,(H,21,22). The summed E-state index contributed by atoms with van der Waals surface area (Å²) < 4.78 is 5.13. The van der Waals surface area contributed by atoms with Gasteiger partial charge in [-0.05, 0) is 31.9 Å². The Morgan fingerprint density at radius 2 is 2.11 bits per heavy atom. The molecule has 1 amide bonds. The summed E-state index contributed by atoms with van der Waals surface area (Å²) in [6, 6.07) is 6.17. The molecule has 7 heteroatoms. The molecule has 1 fully saturated rings. The van der Waals surface area contributed by atoms with Gasteiger partial charge >= 0.3 is 0 Å². The number of H-pyrrole nitrogens is 1. The van der Waals surface area contributed by atoms with Crippen LogP contribution in [0.3, 0.4) is 0 Å². The van der Waals surface area contributed by atoms with E-state index in [0.717, 1.165) is 62.5 Å². The van der Waals surface area contributed by atoms with Crippen molar-refractivity contribution in [3.8, 4) is 0 Å². The maximum Gasteiger partial charge on any atom is 0.249 e. The van der Waals surface area contributed by atoms with E-state index in [0.29, 0.717) is 0 Å². The number of methoxy groups -OCH3 is 1. The second kappa shape index (κ2) is 7.40. The minimum absolute atomic E-state index is 0.0555. The summed E-state index contributed by atoms with van der Waals surface area (Å²) in [5, 5.41) is 0. The van der Waals surface area contributed by atoms with Crippen molar-refractivity contribution in [2.45, 2.75) is 38.3 Å². The Balaban J connectivity index is 1.54. The normalized spacial score (nSPS) is 19.3. The Morgan fingerprint density at radius 3 is 2.85 bits per heavy atom. The van der Waals surface area contributed by atoms with E-state index in [9.17, 15) is 4.79 Å². The van der Waals surface area contributed by atoms with E-state index in [1.807, 2.05) is 17.9 Å². The Labute approximate surface area is 159 Å². The summed E-state index contributed by atoms with van der Waals surface area (Å²) in [4.78, 5) is 29.7. The summed E-state index contributed by atoms with van der Waals surface area (Å²) in [7, 11) is 1.58. The maximum atomic E-state index is 12.8. The van der Waals surface area contributed by atoms with Crippen LogP contribution in [0.4, 0.5) is 0 Å². The van der Waals surface area contributed by atoms with E-state index in [2.05, 4.69) is 32.0 Å². The molecule has 4 heterocycles. The Morgan fingerprint density at radius 1 is 1.30 bits per heavy atom. The zero-order valence-electron chi connectivity index (χ0n) is 16.1. The second-order valence-corrected chi connectivity index (χ2v) is 7.54. The molecule has 0 radical (unpaired) electrons. The zero-order chi connectivity index (χ0) is 18.9. The molecule has 0 saturated carbocycles. The molecule has 2 aliphatic heterocycles. The molecule has 4 rings (SSSR count). The number of likely N-dealkylation sites (tertiary alicyclic amines) is 1. The number of ether oxygens (including phenoxy) is 1. The molecule has 0 atom stereocenters. The van der Waals surface area contributed by atoms with Gasteiger partial charge in [0.15, 0.2) is 0 Å². The van der Waals surface area contributed by atoms with Crippen LogP contribution in [0.5, 0.6) is 0 Å². The van der Waals surface area contributed by atoms with Gasteiger partial charge in [-0.15, -0.1) is 0 Å². The lowest BCUT2D eigenvalue weighted by atomic mass is 9.78. The number of aromatic nitrogens is 3. The average molecular weight is 369 g/mol. The third-order valence-corrected chi connectivity index (χ3v) is 5.84. The predicted octanol–water partition coefficient (Wildman–Crippen LogP) is 1.64. The van der Waals surface area contributed by atoms with Gasteiger partial charge in [0.2, 0.25) is 5.91 Å². The number of carbonyl (C=O) groups is 1. The van der Waals surface area contributed by atoms with Gasteiger partial charge in [0.05, 0.1) is 23.3 Å². The molecule has 1 N–H and O–H groups in total. The minimum atomic E-state index is -0.320. The van der Waals surface area contributed by atoms with Crippen LogP contribution in [0.25, 0.3) is 0 Å². The van der Waals surface area contributed by atoms with Gasteiger partial charge in [0, 0.05) is 51.1 Å². The van der Waals surface area contributed by atoms with Crippen molar-refractivity contribution < 1.29 is 9.53 Å². The molecular formula is C20H27N5O2. The first kappa shape index (κ1) is 18.1. The summed E-state index contributed by atoms with van der Waals surface area (Å²) in [6.45, 7) is 5.54. The lowest BCUT2D eigenvalue weighted by Gasteiger charge is -2.50. The fraction of sp³-hybridized carbons (Fsp3) is 0.550. The topological polar surface area (TPSA) is 74.3 Å². The first-order valence-electron chi connectivity index (χ1n) is 9.59. The minimum Gasteiger partial charge on any atom is -0.375 e. The number of aryl methyl sites for hydroxylation is 1. The molecule has 27 heavy (non-hydrogen) atoms. The number of rotatable bonds is 4. The first-order chi connectivity index (χ1) is 13.1. The highest BCUT2D eigenvalue weighted by molar-refractivity contribution is 5.79. The van der Waals surface area contributed by atoms with Crippen LogP contribution in [0.1, 0.15) is 35.6 Å². The number of nitrogens with zero attached hydrogens (tertiary/aromatic N) is 4. The molecular weight excluding hydrogens is 342 g/mol. The Hall–Kier alpha value is -2.25.